The van der Waals surface area contributed by atoms with Gasteiger partial charge in [-0.2, -0.15) is 12.7 Å². The molecule has 0 aromatic carbocycles. The van der Waals surface area contributed by atoms with Crippen molar-refractivity contribution in [2.45, 2.75) is 6.10 Å². The number of ether oxygens (including phenoxy) is 3. The van der Waals surface area contributed by atoms with Crippen LogP contribution in [-0.4, -0.2) is 64.8 Å². The fourth-order valence-electron chi connectivity index (χ4n) is 1.33. The van der Waals surface area contributed by atoms with Crippen molar-refractivity contribution in [1.82, 2.24) is 9.03 Å². The Morgan fingerprint density at radius 3 is 2.56 bits per heavy atom. The molecule has 0 aromatic rings. The van der Waals surface area contributed by atoms with Crippen LogP contribution in [-0.2, 0) is 29.2 Å². The van der Waals surface area contributed by atoms with Crippen LogP contribution in [0.5, 0.6) is 0 Å². The van der Waals surface area contributed by atoms with Crippen molar-refractivity contribution < 1.29 is 32.2 Å². The average Bonchev–Trinajstić information content (AvgIpc) is 2.37. The fraction of sp³-hybridized carbons (Fsp3) is 0.750. The maximum atomic E-state index is 11.7. The third kappa shape index (κ3) is 3.55. The van der Waals surface area contributed by atoms with Crippen molar-refractivity contribution in [3.63, 3.8) is 0 Å². The lowest BCUT2D eigenvalue weighted by Crippen LogP contribution is -2.53. The first-order valence-electron chi connectivity index (χ1n) is 4.96. The summed E-state index contributed by atoms with van der Waals surface area (Å²) in [5, 5.41) is 0. The highest BCUT2D eigenvalue weighted by atomic mass is 32.2. The molecule has 1 aliphatic rings. The highest BCUT2D eigenvalue weighted by molar-refractivity contribution is 7.87. The molecule has 1 fully saturated rings. The van der Waals surface area contributed by atoms with Crippen LogP contribution in [0, 0.1) is 0 Å². The second-order valence-electron chi connectivity index (χ2n) is 3.34. The van der Waals surface area contributed by atoms with Crippen molar-refractivity contribution in [2.24, 2.45) is 0 Å². The summed E-state index contributed by atoms with van der Waals surface area (Å²) in [4.78, 5) is 22.1. The zero-order valence-electron chi connectivity index (χ0n) is 9.91. The third-order valence-electron chi connectivity index (χ3n) is 2.23. The molecule has 1 saturated heterocycles. The molecule has 10 heteroatoms. The summed E-state index contributed by atoms with van der Waals surface area (Å²) in [5.74, 6) is -0.673. The largest absolute Gasteiger partial charge is 0.467 e. The number of carbonyl (C=O) groups is 2. The Balaban J connectivity index is 2.71. The van der Waals surface area contributed by atoms with Gasteiger partial charge in [-0.15, -0.1) is 0 Å². The number of hydrogen-bond donors (Lipinski definition) is 1. The normalized spacial score (nSPS) is 21.1. The Hall–Kier alpha value is -1.39. The lowest BCUT2D eigenvalue weighted by molar-refractivity contribution is -0.157. The molecule has 104 valence electrons. The number of nitrogens with zero attached hydrogens (tertiary/aromatic N) is 1. The molecule has 1 aliphatic heterocycles. The number of amides is 1. The summed E-state index contributed by atoms with van der Waals surface area (Å²) in [7, 11) is -1.83. The maximum absolute atomic E-state index is 11.7. The first kappa shape index (κ1) is 14.7. The number of rotatable bonds is 3. The van der Waals surface area contributed by atoms with E-state index in [0.717, 1.165) is 11.4 Å². The predicted molar refractivity (Wildman–Crippen MR) is 57.8 cm³/mol. The van der Waals surface area contributed by atoms with Crippen LogP contribution >= 0.6 is 0 Å². The molecule has 0 radical (unpaired) electrons. The molecule has 0 bridgehead atoms. The Labute approximate surface area is 104 Å². The molecular formula is C8H14N2O7S. The van der Waals surface area contributed by atoms with Gasteiger partial charge in [-0.1, -0.05) is 0 Å². The number of methoxy groups -OCH3 is 2. The Bertz CT molecular complexity index is 421. The maximum Gasteiger partial charge on any atom is 0.421 e. The van der Waals surface area contributed by atoms with Gasteiger partial charge in [0, 0.05) is 6.54 Å². The molecule has 1 N–H and O–H groups in total. The van der Waals surface area contributed by atoms with E-state index < -0.39 is 28.4 Å². The zero-order chi connectivity index (χ0) is 13.8. The first-order valence-corrected chi connectivity index (χ1v) is 6.40. The van der Waals surface area contributed by atoms with Crippen LogP contribution in [0.4, 0.5) is 4.79 Å². The van der Waals surface area contributed by atoms with Gasteiger partial charge >= 0.3 is 22.3 Å². The molecule has 0 saturated carbocycles. The highest BCUT2D eigenvalue weighted by Crippen LogP contribution is 2.10. The number of morpholine rings is 1. The minimum atomic E-state index is -4.05. The third-order valence-corrected chi connectivity index (χ3v) is 3.67. The van der Waals surface area contributed by atoms with Gasteiger partial charge in [0.15, 0.2) is 6.10 Å². The monoisotopic (exact) mass is 282 g/mol. The van der Waals surface area contributed by atoms with Gasteiger partial charge in [-0.05, 0) is 0 Å². The molecule has 0 aromatic heterocycles. The van der Waals surface area contributed by atoms with Crippen LogP contribution in [0.3, 0.4) is 0 Å². The molecular weight excluding hydrogens is 268 g/mol. The topological polar surface area (TPSA) is 111 Å². The summed E-state index contributed by atoms with van der Waals surface area (Å²) in [6.07, 6.45) is -2.10. The lowest BCUT2D eigenvalue weighted by Gasteiger charge is -2.30. The zero-order valence-corrected chi connectivity index (χ0v) is 10.7. The molecule has 0 aliphatic carbocycles. The average molecular weight is 282 g/mol. The summed E-state index contributed by atoms with van der Waals surface area (Å²) < 4.78 is 39.7. The van der Waals surface area contributed by atoms with E-state index in [2.05, 4.69) is 9.47 Å². The molecule has 0 spiro atoms. The number of carbonyl (C=O) groups excluding carboxylic acids is 2. The summed E-state index contributed by atoms with van der Waals surface area (Å²) in [6.45, 7) is -0.166. The summed E-state index contributed by atoms with van der Waals surface area (Å²) in [5.41, 5.74) is 0. The van der Waals surface area contributed by atoms with Crippen LogP contribution in [0.2, 0.25) is 0 Å². The van der Waals surface area contributed by atoms with Gasteiger partial charge in [-0.3, -0.25) is 0 Å². The summed E-state index contributed by atoms with van der Waals surface area (Å²) >= 11 is 0. The van der Waals surface area contributed by atoms with Crippen LogP contribution < -0.4 is 4.72 Å². The SMILES string of the molecule is COC(=O)NS(=O)(=O)N1CCOC(C(=O)OC)C1. The molecule has 1 heterocycles. The number of nitrogens with one attached hydrogen (secondary N) is 1. The van der Waals surface area contributed by atoms with Gasteiger partial charge in [0.1, 0.15) is 0 Å². The van der Waals surface area contributed by atoms with E-state index >= 15 is 0 Å². The minimum absolute atomic E-state index is 0.0276. The second kappa shape index (κ2) is 5.98. The van der Waals surface area contributed by atoms with E-state index in [4.69, 9.17) is 4.74 Å². The van der Waals surface area contributed by atoms with E-state index in [1.807, 2.05) is 0 Å². The standard InChI is InChI=1S/C8H14N2O7S/c1-15-7(11)6-5-10(3-4-17-6)18(13,14)9-8(12)16-2/h6H,3-5H2,1-2H3,(H,9,12). The molecule has 1 atom stereocenters. The van der Waals surface area contributed by atoms with Gasteiger partial charge in [0.05, 0.1) is 27.4 Å². The Kier molecular flexibility index (Phi) is 4.87. The molecule has 9 nitrogen and oxygen atoms in total. The van der Waals surface area contributed by atoms with Gasteiger partial charge < -0.3 is 14.2 Å². The van der Waals surface area contributed by atoms with Crippen LogP contribution in [0.15, 0.2) is 0 Å². The van der Waals surface area contributed by atoms with Gasteiger partial charge in [0.2, 0.25) is 0 Å². The summed E-state index contributed by atoms with van der Waals surface area (Å²) in [6, 6.07) is 0. The van der Waals surface area contributed by atoms with E-state index in [1.165, 1.54) is 7.11 Å². The Morgan fingerprint density at radius 1 is 1.33 bits per heavy atom. The first-order chi connectivity index (χ1) is 8.40. The van der Waals surface area contributed by atoms with Crippen LogP contribution in [0.1, 0.15) is 0 Å². The second-order valence-corrected chi connectivity index (χ2v) is 5.01. The molecule has 1 amide bonds. The Morgan fingerprint density at radius 2 is 2.00 bits per heavy atom. The van der Waals surface area contributed by atoms with E-state index in [9.17, 15) is 18.0 Å². The van der Waals surface area contributed by atoms with Gasteiger partial charge in [-0.25, -0.2) is 14.3 Å². The minimum Gasteiger partial charge on any atom is -0.467 e. The van der Waals surface area contributed by atoms with E-state index in [-0.39, 0.29) is 19.7 Å². The van der Waals surface area contributed by atoms with Crippen molar-refractivity contribution >= 4 is 22.3 Å². The fourth-order valence-corrected chi connectivity index (χ4v) is 2.40. The molecule has 1 unspecified atom stereocenters. The highest BCUT2D eigenvalue weighted by Gasteiger charge is 2.34. The van der Waals surface area contributed by atoms with Crippen molar-refractivity contribution in [3.8, 4) is 0 Å². The molecule has 1 rings (SSSR count). The van der Waals surface area contributed by atoms with Gasteiger partial charge in [0.25, 0.3) is 0 Å². The van der Waals surface area contributed by atoms with Crippen molar-refractivity contribution in [3.05, 3.63) is 0 Å². The van der Waals surface area contributed by atoms with Crippen molar-refractivity contribution in [2.75, 3.05) is 33.9 Å². The van der Waals surface area contributed by atoms with Crippen molar-refractivity contribution in [1.29, 1.82) is 0 Å². The number of hydrogen-bond acceptors (Lipinski definition) is 7. The lowest BCUT2D eigenvalue weighted by atomic mass is 10.3. The quantitative estimate of drug-likeness (QED) is 0.624. The smallest absolute Gasteiger partial charge is 0.421 e. The van der Waals surface area contributed by atoms with Crippen LogP contribution in [0.25, 0.3) is 0 Å². The molecule has 18 heavy (non-hydrogen) atoms. The number of esters is 1. The van der Waals surface area contributed by atoms with E-state index in [1.54, 1.807) is 4.72 Å². The van der Waals surface area contributed by atoms with E-state index in [0.29, 0.717) is 0 Å². The predicted octanol–water partition coefficient (Wildman–Crippen LogP) is -1.54.